The number of morpholine rings is 1. The second-order valence-electron chi connectivity index (χ2n) is 7.77. The van der Waals surface area contributed by atoms with Crippen molar-refractivity contribution in [1.29, 1.82) is 0 Å². The summed E-state index contributed by atoms with van der Waals surface area (Å²) in [5.74, 6) is 2.06. The van der Waals surface area contributed by atoms with Crippen molar-refractivity contribution >= 4 is 29.3 Å². The van der Waals surface area contributed by atoms with Crippen LogP contribution in [-0.4, -0.2) is 85.1 Å². The van der Waals surface area contributed by atoms with Crippen LogP contribution >= 0.6 is 11.8 Å². The van der Waals surface area contributed by atoms with Crippen LogP contribution in [0, 0.1) is 5.92 Å². The van der Waals surface area contributed by atoms with Crippen molar-refractivity contribution < 1.29 is 14.3 Å². The molecule has 3 heterocycles. The summed E-state index contributed by atoms with van der Waals surface area (Å²) >= 11 is 1.94. The minimum Gasteiger partial charge on any atom is -0.379 e. The Kier molecular flexibility index (Phi) is 6.54. The number of amides is 2. The first-order chi connectivity index (χ1) is 13.7. The highest BCUT2D eigenvalue weighted by Crippen LogP contribution is 2.28. The summed E-state index contributed by atoms with van der Waals surface area (Å²) in [7, 11) is 0. The number of para-hydroxylation sites is 1. The van der Waals surface area contributed by atoms with Gasteiger partial charge in [0.2, 0.25) is 11.8 Å². The van der Waals surface area contributed by atoms with Crippen molar-refractivity contribution in [2.24, 2.45) is 5.92 Å². The summed E-state index contributed by atoms with van der Waals surface area (Å²) in [6, 6.07) is 9.91. The van der Waals surface area contributed by atoms with Crippen LogP contribution in [0.15, 0.2) is 30.3 Å². The van der Waals surface area contributed by atoms with Gasteiger partial charge in [0.15, 0.2) is 0 Å². The predicted molar refractivity (Wildman–Crippen MR) is 112 cm³/mol. The van der Waals surface area contributed by atoms with Crippen LogP contribution < -0.4 is 4.90 Å². The summed E-state index contributed by atoms with van der Waals surface area (Å²) in [4.78, 5) is 32.3. The number of thioether (sulfide) groups is 1. The summed E-state index contributed by atoms with van der Waals surface area (Å²) in [5.41, 5.74) is 0.888. The number of hydrogen-bond acceptors (Lipinski definition) is 5. The van der Waals surface area contributed by atoms with Crippen LogP contribution in [0.25, 0.3) is 0 Å². The summed E-state index contributed by atoms with van der Waals surface area (Å²) in [5, 5.41) is 0. The van der Waals surface area contributed by atoms with E-state index in [1.54, 1.807) is 4.90 Å². The second kappa shape index (κ2) is 9.29. The molecule has 1 aromatic carbocycles. The van der Waals surface area contributed by atoms with Crippen LogP contribution in [0.5, 0.6) is 0 Å². The van der Waals surface area contributed by atoms with Crippen LogP contribution in [0.3, 0.4) is 0 Å². The van der Waals surface area contributed by atoms with Crippen molar-refractivity contribution in [2.45, 2.75) is 18.9 Å². The van der Waals surface area contributed by atoms with E-state index in [-0.39, 0.29) is 23.8 Å². The molecule has 3 aliphatic heterocycles. The molecule has 0 bridgehead atoms. The lowest BCUT2D eigenvalue weighted by Crippen LogP contribution is -2.52. The molecule has 2 amide bonds. The molecule has 0 aliphatic carbocycles. The van der Waals surface area contributed by atoms with E-state index < -0.39 is 0 Å². The number of nitrogens with zero attached hydrogens (tertiary/aromatic N) is 3. The first kappa shape index (κ1) is 19.7. The van der Waals surface area contributed by atoms with Crippen LogP contribution in [0.1, 0.15) is 12.8 Å². The molecule has 1 aromatic rings. The molecule has 2 unspecified atom stereocenters. The van der Waals surface area contributed by atoms with E-state index in [9.17, 15) is 9.59 Å². The van der Waals surface area contributed by atoms with Crippen LogP contribution in [0.2, 0.25) is 0 Å². The van der Waals surface area contributed by atoms with Gasteiger partial charge in [-0.1, -0.05) is 18.2 Å². The molecule has 3 aliphatic rings. The Bertz CT molecular complexity index is 681. The third-order valence-electron chi connectivity index (χ3n) is 5.84. The highest BCUT2D eigenvalue weighted by atomic mass is 32.2. The van der Waals surface area contributed by atoms with E-state index >= 15 is 0 Å². The monoisotopic (exact) mass is 403 g/mol. The lowest BCUT2D eigenvalue weighted by molar-refractivity contribution is -0.138. The molecule has 3 fully saturated rings. The predicted octanol–water partition coefficient (Wildman–Crippen LogP) is 1.71. The van der Waals surface area contributed by atoms with Crippen molar-refractivity contribution in [1.82, 2.24) is 9.80 Å². The Balaban J connectivity index is 1.44. The minimum atomic E-state index is -0.233. The minimum absolute atomic E-state index is 0.0541. The zero-order valence-electron chi connectivity index (χ0n) is 16.3. The van der Waals surface area contributed by atoms with E-state index in [1.165, 1.54) is 0 Å². The molecular weight excluding hydrogens is 374 g/mol. The number of carbonyl (C=O) groups excluding carboxylic acids is 2. The van der Waals surface area contributed by atoms with Gasteiger partial charge in [-0.25, -0.2) is 0 Å². The smallest absolute Gasteiger partial charge is 0.228 e. The van der Waals surface area contributed by atoms with Gasteiger partial charge in [0, 0.05) is 50.6 Å². The molecule has 4 rings (SSSR count). The largest absolute Gasteiger partial charge is 0.379 e. The Hall–Kier alpha value is -1.57. The number of rotatable bonds is 4. The van der Waals surface area contributed by atoms with Crippen molar-refractivity contribution in [3.05, 3.63) is 30.3 Å². The molecule has 0 radical (unpaired) electrons. The molecule has 0 saturated carbocycles. The van der Waals surface area contributed by atoms with Gasteiger partial charge < -0.3 is 14.5 Å². The summed E-state index contributed by atoms with van der Waals surface area (Å²) in [6.45, 7) is 5.63. The first-order valence-corrected chi connectivity index (χ1v) is 11.4. The van der Waals surface area contributed by atoms with Crippen LogP contribution in [0.4, 0.5) is 5.69 Å². The number of carbonyl (C=O) groups is 2. The zero-order valence-corrected chi connectivity index (χ0v) is 17.1. The second-order valence-corrected chi connectivity index (χ2v) is 8.92. The van der Waals surface area contributed by atoms with Crippen LogP contribution in [-0.2, 0) is 14.3 Å². The fourth-order valence-electron chi connectivity index (χ4n) is 4.32. The van der Waals surface area contributed by atoms with E-state index in [1.807, 2.05) is 42.1 Å². The number of hydrogen-bond donors (Lipinski definition) is 0. The van der Waals surface area contributed by atoms with Crippen molar-refractivity contribution in [2.75, 3.05) is 62.3 Å². The Morgan fingerprint density at radius 2 is 1.93 bits per heavy atom. The molecule has 6 nitrogen and oxygen atoms in total. The molecule has 0 spiro atoms. The highest BCUT2D eigenvalue weighted by molar-refractivity contribution is 7.99. The lowest BCUT2D eigenvalue weighted by Gasteiger charge is -2.36. The maximum absolute atomic E-state index is 13.4. The molecule has 0 N–H and O–H groups in total. The van der Waals surface area contributed by atoms with Gasteiger partial charge in [0.25, 0.3) is 0 Å². The summed E-state index contributed by atoms with van der Waals surface area (Å²) in [6.07, 6.45) is 1.35. The van der Waals surface area contributed by atoms with Gasteiger partial charge >= 0.3 is 0 Å². The third kappa shape index (κ3) is 4.53. The SMILES string of the molecule is O=C1CC(C(=O)N2CCCSCC2CN2CCOCC2)CN1c1ccccc1. The quantitative estimate of drug-likeness (QED) is 0.766. The number of ether oxygens (including phenoxy) is 1. The van der Waals surface area contributed by atoms with E-state index in [0.717, 1.165) is 63.0 Å². The van der Waals surface area contributed by atoms with E-state index in [0.29, 0.717) is 13.0 Å². The molecule has 28 heavy (non-hydrogen) atoms. The maximum atomic E-state index is 13.4. The van der Waals surface area contributed by atoms with E-state index in [4.69, 9.17) is 4.74 Å². The molecule has 2 atom stereocenters. The van der Waals surface area contributed by atoms with Gasteiger partial charge in [-0.05, 0) is 24.3 Å². The standard InChI is InChI=1S/C21H29N3O3S/c25-20-13-17(14-24(20)18-5-2-1-3-6-18)21(26)23-7-4-12-28-16-19(23)15-22-8-10-27-11-9-22/h1-3,5-6,17,19H,4,7-16H2. The molecule has 152 valence electrons. The van der Waals surface area contributed by atoms with Crippen molar-refractivity contribution in [3.8, 4) is 0 Å². The number of anilines is 1. The topological polar surface area (TPSA) is 53.1 Å². The maximum Gasteiger partial charge on any atom is 0.228 e. The van der Waals surface area contributed by atoms with Crippen molar-refractivity contribution in [3.63, 3.8) is 0 Å². The van der Waals surface area contributed by atoms with Gasteiger partial charge in [-0.15, -0.1) is 0 Å². The molecular formula is C21H29N3O3S. The van der Waals surface area contributed by atoms with Gasteiger partial charge in [0.05, 0.1) is 25.2 Å². The van der Waals surface area contributed by atoms with Gasteiger partial charge in [-0.3, -0.25) is 14.5 Å². The molecule has 3 saturated heterocycles. The fraction of sp³-hybridized carbons (Fsp3) is 0.619. The fourth-order valence-corrected chi connectivity index (χ4v) is 5.37. The average molecular weight is 404 g/mol. The van der Waals surface area contributed by atoms with Gasteiger partial charge in [-0.2, -0.15) is 11.8 Å². The lowest BCUT2D eigenvalue weighted by atomic mass is 10.1. The Morgan fingerprint density at radius 1 is 1.14 bits per heavy atom. The normalized spacial score (nSPS) is 27.1. The first-order valence-electron chi connectivity index (χ1n) is 10.3. The Morgan fingerprint density at radius 3 is 2.71 bits per heavy atom. The average Bonchev–Trinajstić information content (AvgIpc) is 2.97. The summed E-state index contributed by atoms with van der Waals surface area (Å²) < 4.78 is 5.46. The molecule has 7 heteroatoms. The number of benzene rings is 1. The van der Waals surface area contributed by atoms with E-state index in [2.05, 4.69) is 9.80 Å². The zero-order chi connectivity index (χ0) is 19.3. The Labute approximate surface area is 171 Å². The van der Waals surface area contributed by atoms with Gasteiger partial charge in [0.1, 0.15) is 0 Å². The molecule has 0 aromatic heterocycles. The highest BCUT2D eigenvalue weighted by Gasteiger charge is 2.39. The third-order valence-corrected chi connectivity index (χ3v) is 7.03.